The molecular weight excluding hydrogens is 388 g/mol. The van der Waals surface area contributed by atoms with E-state index in [2.05, 4.69) is 5.32 Å². The van der Waals surface area contributed by atoms with Crippen molar-refractivity contribution in [2.45, 2.75) is 6.92 Å². The van der Waals surface area contributed by atoms with Crippen LogP contribution in [0.5, 0.6) is 5.75 Å². The molecule has 3 rings (SSSR count). The van der Waals surface area contributed by atoms with Crippen LogP contribution in [-0.2, 0) is 14.8 Å². The zero-order chi connectivity index (χ0) is 20.9. The van der Waals surface area contributed by atoms with Crippen molar-refractivity contribution in [2.75, 3.05) is 30.3 Å². The van der Waals surface area contributed by atoms with Crippen LogP contribution in [0.2, 0.25) is 0 Å². The third kappa shape index (κ3) is 5.71. The number of anilines is 1. The Kier molecular flexibility index (Phi) is 6.39. The molecule has 3 aromatic rings. The third-order valence-corrected chi connectivity index (χ3v) is 5.56. The molecule has 0 saturated heterocycles. The minimum atomic E-state index is -3.58. The van der Waals surface area contributed by atoms with Gasteiger partial charge in [-0.25, -0.2) is 8.42 Å². The van der Waals surface area contributed by atoms with E-state index in [-0.39, 0.29) is 19.7 Å². The third-order valence-electron chi connectivity index (χ3n) is 4.42. The maximum Gasteiger partial charge on any atom is 0.240 e. The van der Waals surface area contributed by atoms with Crippen molar-refractivity contribution in [1.82, 2.24) is 5.32 Å². The summed E-state index contributed by atoms with van der Waals surface area (Å²) in [6.07, 6.45) is 1.09. The van der Waals surface area contributed by atoms with Crippen LogP contribution in [0.25, 0.3) is 10.8 Å². The molecule has 0 bridgehead atoms. The molecule has 0 fully saturated rings. The predicted molar refractivity (Wildman–Crippen MR) is 116 cm³/mol. The van der Waals surface area contributed by atoms with E-state index in [0.29, 0.717) is 5.69 Å². The summed E-state index contributed by atoms with van der Waals surface area (Å²) in [6, 6.07) is 20.8. The zero-order valence-electron chi connectivity index (χ0n) is 16.5. The quantitative estimate of drug-likeness (QED) is 0.577. The van der Waals surface area contributed by atoms with Crippen LogP contribution in [0, 0.1) is 6.92 Å². The normalized spacial score (nSPS) is 11.2. The summed E-state index contributed by atoms with van der Waals surface area (Å²) >= 11 is 0. The fourth-order valence-electron chi connectivity index (χ4n) is 2.91. The molecule has 0 aliphatic carbocycles. The van der Waals surface area contributed by atoms with Crippen LogP contribution in [0.15, 0.2) is 66.7 Å². The van der Waals surface area contributed by atoms with Gasteiger partial charge in [0.15, 0.2) is 0 Å². The Hall–Kier alpha value is -3.06. The highest BCUT2D eigenvalue weighted by Crippen LogP contribution is 2.20. The number of rotatable bonds is 8. The van der Waals surface area contributed by atoms with Crippen molar-refractivity contribution in [2.24, 2.45) is 0 Å². The second-order valence-corrected chi connectivity index (χ2v) is 8.72. The molecule has 0 saturated carbocycles. The number of carbonyl (C=O) groups is 1. The summed E-state index contributed by atoms with van der Waals surface area (Å²) in [7, 11) is -3.58. The molecule has 152 valence electrons. The molecular formula is C22H24N2O4S. The molecule has 0 aliphatic rings. The standard InChI is InChI=1S/C22H24N2O4S/c1-17-7-10-20(11-8-17)24(29(2,26)27)16-22(25)23-13-14-28-21-12-9-18-5-3-4-6-19(18)15-21/h3-12,15H,13-14,16H2,1-2H3,(H,23,25). The number of fused-ring (bicyclic) bond motifs is 1. The van der Waals surface area contributed by atoms with E-state index in [1.165, 1.54) is 0 Å². The number of benzene rings is 3. The maximum atomic E-state index is 12.3. The highest BCUT2D eigenvalue weighted by Gasteiger charge is 2.20. The first-order valence-electron chi connectivity index (χ1n) is 9.25. The van der Waals surface area contributed by atoms with Gasteiger partial charge in [0.2, 0.25) is 15.9 Å². The van der Waals surface area contributed by atoms with E-state index < -0.39 is 15.9 Å². The Morgan fingerprint density at radius 2 is 1.69 bits per heavy atom. The molecule has 0 heterocycles. The van der Waals surface area contributed by atoms with E-state index in [1.54, 1.807) is 12.1 Å². The zero-order valence-corrected chi connectivity index (χ0v) is 17.3. The molecule has 29 heavy (non-hydrogen) atoms. The van der Waals surface area contributed by atoms with Crippen LogP contribution in [0.4, 0.5) is 5.69 Å². The Labute approximate surface area is 171 Å². The number of nitrogens with one attached hydrogen (secondary N) is 1. The van der Waals surface area contributed by atoms with Crippen LogP contribution in [-0.4, -0.2) is 40.3 Å². The second kappa shape index (κ2) is 8.96. The molecule has 0 unspecified atom stereocenters. The van der Waals surface area contributed by atoms with Gasteiger partial charge < -0.3 is 10.1 Å². The summed E-state index contributed by atoms with van der Waals surface area (Å²) in [5.41, 5.74) is 1.47. The molecule has 0 aliphatic heterocycles. The molecule has 3 aromatic carbocycles. The first-order chi connectivity index (χ1) is 13.8. The van der Waals surface area contributed by atoms with Crippen molar-refractivity contribution in [3.63, 3.8) is 0 Å². The summed E-state index contributed by atoms with van der Waals surface area (Å²) in [6.45, 7) is 2.19. The SMILES string of the molecule is Cc1ccc(N(CC(=O)NCCOc2ccc3ccccc3c2)S(C)(=O)=O)cc1. The summed E-state index contributed by atoms with van der Waals surface area (Å²) < 4.78 is 31.0. The summed E-state index contributed by atoms with van der Waals surface area (Å²) in [5.74, 6) is 0.327. The van der Waals surface area contributed by atoms with Gasteiger partial charge in [0.05, 0.1) is 18.5 Å². The smallest absolute Gasteiger partial charge is 0.240 e. The van der Waals surface area contributed by atoms with Gasteiger partial charge in [-0.3, -0.25) is 9.10 Å². The number of amides is 1. The number of aryl methyl sites for hydroxylation is 1. The highest BCUT2D eigenvalue weighted by atomic mass is 32.2. The average Bonchev–Trinajstić information content (AvgIpc) is 2.69. The Bertz CT molecular complexity index is 1100. The fourth-order valence-corrected chi connectivity index (χ4v) is 3.77. The van der Waals surface area contributed by atoms with Gasteiger partial charge in [-0.1, -0.05) is 48.0 Å². The topological polar surface area (TPSA) is 75.7 Å². The van der Waals surface area contributed by atoms with Crippen molar-refractivity contribution in [3.05, 3.63) is 72.3 Å². The lowest BCUT2D eigenvalue weighted by Gasteiger charge is -2.22. The van der Waals surface area contributed by atoms with Crippen LogP contribution >= 0.6 is 0 Å². The lowest BCUT2D eigenvalue weighted by atomic mass is 10.1. The number of ether oxygens (including phenoxy) is 1. The minimum absolute atomic E-state index is 0.275. The largest absolute Gasteiger partial charge is 0.492 e. The van der Waals surface area contributed by atoms with Crippen molar-refractivity contribution in [1.29, 1.82) is 0 Å². The van der Waals surface area contributed by atoms with E-state index >= 15 is 0 Å². The van der Waals surface area contributed by atoms with Gasteiger partial charge in [-0.05, 0) is 42.0 Å². The number of carbonyl (C=O) groups excluding carboxylic acids is 1. The number of sulfonamides is 1. The molecule has 6 nitrogen and oxygen atoms in total. The first-order valence-corrected chi connectivity index (χ1v) is 11.1. The average molecular weight is 413 g/mol. The lowest BCUT2D eigenvalue weighted by Crippen LogP contribution is -2.41. The predicted octanol–water partition coefficient (Wildman–Crippen LogP) is 3.11. The van der Waals surface area contributed by atoms with E-state index in [9.17, 15) is 13.2 Å². The first kappa shape index (κ1) is 20.7. The molecule has 0 atom stereocenters. The molecule has 0 aromatic heterocycles. The Morgan fingerprint density at radius 1 is 1.00 bits per heavy atom. The molecule has 1 amide bonds. The number of nitrogens with zero attached hydrogens (tertiary/aromatic N) is 1. The van der Waals surface area contributed by atoms with Gasteiger partial charge in [0.25, 0.3) is 0 Å². The van der Waals surface area contributed by atoms with Gasteiger partial charge >= 0.3 is 0 Å². The van der Waals surface area contributed by atoms with Crippen molar-refractivity contribution >= 4 is 32.4 Å². The van der Waals surface area contributed by atoms with Crippen LogP contribution in [0.1, 0.15) is 5.56 Å². The minimum Gasteiger partial charge on any atom is -0.492 e. The fraction of sp³-hybridized carbons (Fsp3) is 0.227. The van der Waals surface area contributed by atoms with E-state index in [4.69, 9.17) is 4.74 Å². The lowest BCUT2D eigenvalue weighted by molar-refractivity contribution is -0.119. The monoisotopic (exact) mass is 412 g/mol. The van der Waals surface area contributed by atoms with Gasteiger partial charge in [0.1, 0.15) is 18.9 Å². The highest BCUT2D eigenvalue weighted by molar-refractivity contribution is 7.92. The van der Waals surface area contributed by atoms with E-state index in [1.807, 2.05) is 61.5 Å². The summed E-state index contributed by atoms with van der Waals surface area (Å²) in [5, 5.41) is 4.91. The molecule has 0 spiro atoms. The van der Waals surface area contributed by atoms with Gasteiger partial charge in [-0.2, -0.15) is 0 Å². The van der Waals surface area contributed by atoms with Crippen LogP contribution in [0.3, 0.4) is 0 Å². The molecule has 0 radical (unpaired) electrons. The van der Waals surface area contributed by atoms with E-state index in [0.717, 1.165) is 32.6 Å². The molecule has 1 N–H and O–H groups in total. The Balaban J connectivity index is 1.53. The molecule has 7 heteroatoms. The van der Waals surface area contributed by atoms with Gasteiger partial charge in [-0.15, -0.1) is 0 Å². The Morgan fingerprint density at radius 3 is 2.38 bits per heavy atom. The van der Waals surface area contributed by atoms with Crippen molar-refractivity contribution < 1.29 is 17.9 Å². The van der Waals surface area contributed by atoms with Crippen LogP contribution < -0.4 is 14.4 Å². The number of hydrogen-bond donors (Lipinski definition) is 1. The van der Waals surface area contributed by atoms with Crippen molar-refractivity contribution in [3.8, 4) is 5.75 Å². The van der Waals surface area contributed by atoms with Gasteiger partial charge in [0, 0.05) is 0 Å². The maximum absolute atomic E-state index is 12.3. The number of hydrogen-bond acceptors (Lipinski definition) is 4. The second-order valence-electron chi connectivity index (χ2n) is 6.81. The summed E-state index contributed by atoms with van der Waals surface area (Å²) in [4.78, 5) is 12.3.